The highest BCUT2D eigenvalue weighted by Crippen LogP contribution is 2.47. The molecule has 2 aliphatic heterocycles. The maximum Gasteiger partial charge on any atom is 0.358 e. The van der Waals surface area contributed by atoms with Crippen LogP contribution in [-0.4, -0.2) is 52.7 Å². The molecular weight excluding hydrogens is 496 g/mol. The summed E-state index contributed by atoms with van der Waals surface area (Å²) < 4.78 is 10.3. The predicted octanol–water partition coefficient (Wildman–Crippen LogP) is 3.09. The lowest BCUT2D eigenvalue weighted by atomic mass is 9.82. The molecule has 0 bridgehead atoms. The zero-order valence-corrected chi connectivity index (χ0v) is 22.0. The Kier molecular flexibility index (Phi) is 7.52. The number of hydrogen-bond acceptors (Lipinski definition) is 8. The van der Waals surface area contributed by atoms with Crippen LogP contribution < -0.4 is 5.32 Å². The summed E-state index contributed by atoms with van der Waals surface area (Å²) in [6.07, 6.45) is -0.504. The van der Waals surface area contributed by atoms with Gasteiger partial charge in [0, 0.05) is 6.54 Å². The van der Waals surface area contributed by atoms with E-state index in [1.54, 1.807) is 33.8 Å². The smallest absolute Gasteiger partial charge is 0.358 e. The topological polar surface area (TPSA) is 122 Å². The van der Waals surface area contributed by atoms with E-state index in [-0.39, 0.29) is 30.1 Å². The predicted molar refractivity (Wildman–Crippen MR) is 136 cm³/mol. The molecule has 2 aliphatic rings. The Labute approximate surface area is 219 Å². The molecule has 1 saturated heterocycles. The highest BCUT2D eigenvalue weighted by molar-refractivity contribution is 7.12. The average Bonchev–Trinajstić information content (AvgIpc) is 3.48. The summed E-state index contributed by atoms with van der Waals surface area (Å²) in [6, 6.07) is 10.5. The number of β-lactam (4-membered cyclic amide) rings is 1. The standard InChI is InChI=1S/C27H30N2O7S/c1-15(30)21-19-12-18(17-8-5-7-16(11-17)13-28-23(31)20-9-6-10-37-20)22(29(19)24(21)32)25(33)35-14-36-26(34)27(2,3)4/h5-11,15,19,21,30H,12-14H2,1-4H3,(H,28,31)/t15-,19-,21-/m1/s1. The molecule has 0 unspecified atom stereocenters. The second-order valence-corrected chi connectivity index (χ2v) is 11.1. The molecule has 3 heterocycles. The summed E-state index contributed by atoms with van der Waals surface area (Å²) in [5.74, 6) is -2.46. The fraction of sp³-hybridized carbons (Fsp3) is 0.407. The van der Waals surface area contributed by atoms with Crippen LogP contribution in [0.2, 0.25) is 0 Å². The van der Waals surface area contributed by atoms with Crippen LogP contribution >= 0.6 is 11.3 Å². The fourth-order valence-corrected chi connectivity index (χ4v) is 5.12. The number of esters is 2. The van der Waals surface area contributed by atoms with Gasteiger partial charge in [-0.15, -0.1) is 11.3 Å². The summed E-state index contributed by atoms with van der Waals surface area (Å²) in [5.41, 5.74) is 1.44. The van der Waals surface area contributed by atoms with Crippen molar-refractivity contribution in [2.45, 2.75) is 52.8 Å². The molecule has 2 N–H and O–H groups in total. The van der Waals surface area contributed by atoms with Crippen molar-refractivity contribution in [1.82, 2.24) is 10.2 Å². The number of nitrogens with one attached hydrogen (secondary N) is 1. The van der Waals surface area contributed by atoms with Crippen molar-refractivity contribution in [3.05, 3.63) is 63.5 Å². The van der Waals surface area contributed by atoms with Crippen LogP contribution in [0.3, 0.4) is 0 Å². The number of rotatable bonds is 8. The van der Waals surface area contributed by atoms with Crippen molar-refractivity contribution in [3.8, 4) is 0 Å². The van der Waals surface area contributed by atoms with Gasteiger partial charge in [-0.3, -0.25) is 14.4 Å². The van der Waals surface area contributed by atoms with Gasteiger partial charge in [0.05, 0.1) is 28.4 Å². The first-order chi connectivity index (χ1) is 17.5. The van der Waals surface area contributed by atoms with Crippen molar-refractivity contribution in [2.24, 2.45) is 11.3 Å². The van der Waals surface area contributed by atoms with Gasteiger partial charge in [0.15, 0.2) is 0 Å². The van der Waals surface area contributed by atoms with Crippen LogP contribution in [0.1, 0.15) is 54.9 Å². The molecule has 10 heteroatoms. The third-order valence-electron chi connectivity index (χ3n) is 6.39. The van der Waals surface area contributed by atoms with Crippen LogP contribution in [0, 0.1) is 11.3 Å². The maximum atomic E-state index is 13.1. The quantitative estimate of drug-likeness (QED) is 0.308. The summed E-state index contributed by atoms with van der Waals surface area (Å²) in [5, 5.41) is 14.8. The molecule has 2 aromatic rings. The van der Waals surface area contributed by atoms with Gasteiger partial charge in [0.1, 0.15) is 5.70 Å². The van der Waals surface area contributed by atoms with Crippen molar-refractivity contribution < 1.29 is 33.8 Å². The molecule has 0 spiro atoms. The Morgan fingerprint density at radius 3 is 2.59 bits per heavy atom. The number of aliphatic hydroxyl groups is 1. The normalized spacial score (nSPS) is 19.7. The molecule has 1 aromatic carbocycles. The second-order valence-electron chi connectivity index (χ2n) is 10.2. The first-order valence-electron chi connectivity index (χ1n) is 12.0. The number of benzene rings is 1. The highest BCUT2D eigenvalue weighted by Gasteiger charge is 2.57. The molecule has 9 nitrogen and oxygen atoms in total. The van der Waals surface area contributed by atoms with E-state index in [4.69, 9.17) is 9.47 Å². The molecule has 3 atom stereocenters. The Morgan fingerprint density at radius 1 is 1.19 bits per heavy atom. The van der Waals surface area contributed by atoms with Gasteiger partial charge in [-0.1, -0.05) is 24.3 Å². The van der Waals surface area contributed by atoms with Crippen LogP contribution in [0.25, 0.3) is 5.57 Å². The second kappa shape index (κ2) is 10.5. The number of carbonyl (C=O) groups is 4. The van der Waals surface area contributed by atoms with Gasteiger partial charge < -0.3 is 24.8 Å². The van der Waals surface area contributed by atoms with Gasteiger partial charge in [0.25, 0.3) is 5.91 Å². The number of ether oxygens (including phenoxy) is 2. The van der Waals surface area contributed by atoms with Gasteiger partial charge >= 0.3 is 11.9 Å². The highest BCUT2D eigenvalue weighted by atomic mass is 32.1. The van der Waals surface area contributed by atoms with E-state index in [0.29, 0.717) is 22.4 Å². The van der Waals surface area contributed by atoms with Crippen LogP contribution in [0.5, 0.6) is 0 Å². The fourth-order valence-electron chi connectivity index (χ4n) is 4.48. The Balaban J connectivity index is 1.55. The van der Waals surface area contributed by atoms with Crippen LogP contribution in [0.15, 0.2) is 47.5 Å². The van der Waals surface area contributed by atoms with Gasteiger partial charge in [0.2, 0.25) is 12.7 Å². The molecule has 1 aromatic heterocycles. The molecule has 1 fully saturated rings. The lowest BCUT2D eigenvalue weighted by molar-refractivity contribution is -0.175. The van der Waals surface area contributed by atoms with E-state index in [1.807, 2.05) is 35.7 Å². The first-order valence-corrected chi connectivity index (χ1v) is 12.9. The Bertz CT molecular complexity index is 1240. The third-order valence-corrected chi connectivity index (χ3v) is 7.26. The van der Waals surface area contributed by atoms with E-state index >= 15 is 0 Å². The van der Waals surface area contributed by atoms with Crippen LogP contribution in [-0.2, 0) is 30.4 Å². The lowest BCUT2D eigenvalue weighted by Crippen LogP contribution is -2.61. The number of nitrogens with zero attached hydrogens (tertiary/aromatic N) is 1. The molecule has 2 amide bonds. The minimum atomic E-state index is -0.864. The zero-order chi connectivity index (χ0) is 26.9. The molecular formula is C27H30N2O7S. The SMILES string of the molecule is C[C@@H](O)[C@H]1C(=O)N2C(C(=O)OCOC(=O)C(C)(C)C)=C(c3cccc(CNC(=O)c4cccs4)c3)C[C@H]12. The monoisotopic (exact) mass is 526 g/mol. The third kappa shape index (κ3) is 5.45. The maximum absolute atomic E-state index is 13.1. The van der Waals surface area contributed by atoms with E-state index in [2.05, 4.69) is 5.32 Å². The number of amides is 2. The molecule has 37 heavy (non-hydrogen) atoms. The van der Waals surface area contributed by atoms with Gasteiger partial charge in [-0.25, -0.2) is 4.79 Å². The van der Waals surface area contributed by atoms with Crippen molar-refractivity contribution in [3.63, 3.8) is 0 Å². The molecule has 4 rings (SSSR count). The van der Waals surface area contributed by atoms with E-state index in [1.165, 1.54) is 16.2 Å². The van der Waals surface area contributed by atoms with Gasteiger partial charge in [-0.05, 0) is 68.3 Å². The summed E-state index contributed by atoms with van der Waals surface area (Å²) >= 11 is 1.35. The summed E-state index contributed by atoms with van der Waals surface area (Å²) in [4.78, 5) is 52.3. The largest absolute Gasteiger partial charge is 0.427 e. The van der Waals surface area contributed by atoms with Crippen molar-refractivity contribution in [1.29, 1.82) is 0 Å². The number of aliphatic hydroxyl groups excluding tert-OH is 1. The number of fused-ring (bicyclic) bond motifs is 1. The number of thiophene rings is 1. The molecule has 0 aliphatic carbocycles. The number of hydrogen-bond donors (Lipinski definition) is 2. The molecule has 0 radical (unpaired) electrons. The minimum absolute atomic E-state index is 0.0819. The average molecular weight is 527 g/mol. The summed E-state index contributed by atoms with van der Waals surface area (Å²) in [7, 11) is 0. The zero-order valence-electron chi connectivity index (χ0n) is 21.1. The Morgan fingerprint density at radius 2 is 1.95 bits per heavy atom. The number of carbonyl (C=O) groups excluding carboxylic acids is 4. The summed E-state index contributed by atoms with van der Waals surface area (Å²) in [6.45, 7) is 6.31. The van der Waals surface area contributed by atoms with Crippen LogP contribution in [0.4, 0.5) is 0 Å². The lowest BCUT2D eigenvalue weighted by Gasteiger charge is -2.44. The first kappa shape index (κ1) is 26.6. The van der Waals surface area contributed by atoms with Crippen molar-refractivity contribution >= 4 is 40.7 Å². The van der Waals surface area contributed by atoms with Gasteiger partial charge in [-0.2, -0.15) is 0 Å². The van der Waals surface area contributed by atoms with E-state index in [9.17, 15) is 24.3 Å². The van der Waals surface area contributed by atoms with E-state index < -0.39 is 36.2 Å². The Hall–Kier alpha value is -3.50. The molecule has 196 valence electrons. The van der Waals surface area contributed by atoms with Crippen molar-refractivity contribution in [2.75, 3.05) is 6.79 Å². The molecule has 0 saturated carbocycles. The van der Waals surface area contributed by atoms with E-state index in [0.717, 1.165) is 5.56 Å². The minimum Gasteiger partial charge on any atom is -0.427 e.